The largest absolute Gasteiger partial charge is 0.307 e. The maximum absolute atomic E-state index is 3.95. The van der Waals surface area contributed by atoms with Crippen LogP contribution in [0, 0.1) is 17.8 Å². The van der Waals surface area contributed by atoms with Gasteiger partial charge in [-0.1, -0.05) is 28.1 Å². The predicted octanol–water partition coefficient (Wildman–Crippen LogP) is 4.93. The van der Waals surface area contributed by atoms with Crippen molar-refractivity contribution in [1.82, 2.24) is 5.32 Å². The van der Waals surface area contributed by atoms with Gasteiger partial charge in [0.25, 0.3) is 0 Å². The first kappa shape index (κ1) is 14.9. The highest BCUT2D eigenvalue weighted by atomic mass is 79.9. The van der Waals surface area contributed by atoms with Crippen molar-refractivity contribution in [2.75, 3.05) is 0 Å². The van der Waals surface area contributed by atoms with Gasteiger partial charge in [-0.3, -0.25) is 0 Å². The SMILES string of the molecule is Brc1cccc(CNC23CC4CC(CC(C4)C2)C3)c1.Cl. The van der Waals surface area contributed by atoms with Crippen molar-refractivity contribution in [3.8, 4) is 0 Å². The normalized spacial score (nSPS) is 37.8. The van der Waals surface area contributed by atoms with E-state index < -0.39 is 0 Å². The van der Waals surface area contributed by atoms with Crippen molar-refractivity contribution in [1.29, 1.82) is 0 Å². The van der Waals surface area contributed by atoms with Gasteiger partial charge in [-0.05, 0) is 74.0 Å². The fourth-order valence-electron chi connectivity index (χ4n) is 5.26. The third-order valence-corrected chi connectivity index (χ3v) is 6.09. The molecular weight excluding hydrogens is 334 g/mol. The van der Waals surface area contributed by atoms with Crippen LogP contribution in [0.15, 0.2) is 28.7 Å². The van der Waals surface area contributed by atoms with E-state index in [0.717, 1.165) is 24.3 Å². The molecule has 0 aromatic heterocycles. The molecule has 4 fully saturated rings. The quantitative estimate of drug-likeness (QED) is 0.809. The van der Waals surface area contributed by atoms with Gasteiger partial charge in [0, 0.05) is 16.6 Å². The molecule has 4 bridgehead atoms. The second-order valence-corrected chi connectivity index (χ2v) is 8.10. The molecular formula is C17H23BrClN. The first-order valence-electron chi connectivity index (χ1n) is 7.70. The van der Waals surface area contributed by atoms with Gasteiger partial charge in [-0.25, -0.2) is 0 Å². The Hall–Kier alpha value is -0.0500. The molecule has 0 spiro atoms. The Bertz CT molecular complexity index is 452. The van der Waals surface area contributed by atoms with Gasteiger partial charge in [-0.15, -0.1) is 12.4 Å². The van der Waals surface area contributed by atoms with Gasteiger partial charge in [0.15, 0.2) is 0 Å². The van der Waals surface area contributed by atoms with Gasteiger partial charge in [-0.2, -0.15) is 0 Å². The van der Waals surface area contributed by atoms with E-state index in [9.17, 15) is 0 Å². The summed E-state index contributed by atoms with van der Waals surface area (Å²) >= 11 is 3.57. The third-order valence-electron chi connectivity index (χ3n) is 5.59. The molecule has 0 saturated heterocycles. The van der Waals surface area contributed by atoms with Crippen molar-refractivity contribution in [3.05, 3.63) is 34.3 Å². The molecule has 0 amide bonds. The van der Waals surface area contributed by atoms with Crippen molar-refractivity contribution in [2.45, 2.75) is 50.6 Å². The number of halogens is 2. The Morgan fingerprint density at radius 3 is 2.20 bits per heavy atom. The van der Waals surface area contributed by atoms with Crippen molar-refractivity contribution < 1.29 is 0 Å². The van der Waals surface area contributed by atoms with Crippen LogP contribution in [0.3, 0.4) is 0 Å². The van der Waals surface area contributed by atoms with Gasteiger partial charge in [0.1, 0.15) is 0 Å². The van der Waals surface area contributed by atoms with Crippen LogP contribution in [0.1, 0.15) is 44.1 Å². The van der Waals surface area contributed by atoms with Crippen LogP contribution in [0.4, 0.5) is 0 Å². The molecule has 1 N–H and O–H groups in total. The highest BCUT2D eigenvalue weighted by Gasteiger charge is 2.50. The second-order valence-electron chi connectivity index (χ2n) is 7.18. The number of hydrogen-bond acceptors (Lipinski definition) is 1. The zero-order valence-corrected chi connectivity index (χ0v) is 14.2. The zero-order chi connectivity index (χ0) is 12.9. The average Bonchev–Trinajstić information content (AvgIpc) is 2.35. The lowest BCUT2D eigenvalue weighted by atomic mass is 9.53. The molecule has 4 aliphatic carbocycles. The molecule has 0 aliphatic heterocycles. The second kappa shape index (κ2) is 5.62. The summed E-state index contributed by atoms with van der Waals surface area (Å²) in [6.07, 6.45) is 8.89. The molecule has 1 aromatic rings. The van der Waals surface area contributed by atoms with E-state index in [1.165, 1.54) is 48.6 Å². The van der Waals surface area contributed by atoms with Crippen LogP contribution in [0.5, 0.6) is 0 Å². The van der Waals surface area contributed by atoms with Crippen LogP contribution >= 0.6 is 28.3 Å². The summed E-state index contributed by atoms with van der Waals surface area (Å²) in [7, 11) is 0. The molecule has 0 radical (unpaired) electrons. The first-order valence-corrected chi connectivity index (χ1v) is 8.50. The molecule has 1 nitrogen and oxygen atoms in total. The first-order chi connectivity index (χ1) is 9.21. The van der Waals surface area contributed by atoms with Crippen molar-refractivity contribution in [3.63, 3.8) is 0 Å². The molecule has 110 valence electrons. The summed E-state index contributed by atoms with van der Waals surface area (Å²) in [5.41, 5.74) is 1.89. The Morgan fingerprint density at radius 1 is 1.05 bits per heavy atom. The Labute approximate surface area is 136 Å². The minimum absolute atomic E-state index is 0. The molecule has 0 unspecified atom stereocenters. The lowest BCUT2D eigenvalue weighted by Crippen LogP contribution is -2.58. The molecule has 1 aromatic carbocycles. The van der Waals surface area contributed by atoms with Gasteiger partial charge < -0.3 is 5.32 Å². The predicted molar refractivity (Wildman–Crippen MR) is 89.1 cm³/mol. The van der Waals surface area contributed by atoms with E-state index in [4.69, 9.17) is 0 Å². The minimum atomic E-state index is 0. The Kier molecular flexibility index (Phi) is 4.18. The Morgan fingerprint density at radius 2 is 1.65 bits per heavy atom. The van der Waals surface area contributed by atoms with E-state index in [1.807, 2.05) is 0 Å². The van der Waals surface area contributed by atoms with Gasteiger partial charge in [0.05, 0.1) is 0 Å². The lowest BCUT2D eigenvalue weighted by molar-refractivity contribution is -0.0206. The number of nitrogens with one attached hydrogen (secondary N) is 1. The maximum atomic E-state index is 3.95. The molecule has 0 atom stereocenters. The van der Waals surface area contributed by atoms with Crippen LogP contribution in [0.25, 0.3) is 0 Å². The molecule has 0 heterocycles. The molecule has 4 aliphatic rings. The number of hydrogen-bond donors (Lipinski definition) is 1. The molecule has 3 heteroatoms. The monoisotopic (exact) mass is 355 g/mol. The van der Waals surface area contributed by atoms with E-state index in [0.29, 0.717) is 5.54 Å². The molecule has 5 rings (SSSR count). The molecule has 20 heavy (non-hydrogen) atoms. The number of benzene rings is 1. The topological polar surface area (TPSA) is 12.0 Å². The summed E-state index contributed by atoms with van der Waals surface area (Å²) in [4.78, 5) is 0. The average molecular weight is 357 g/mol. The fraction of sp³-hybridized carbons (Fsp3) is 0.647. The van der Waals surface area contributed by atoms with Crippen LogP contribution in [-0.4, -0.2) is 5.54 Å². The minimum Gasteiger partial charge on any atom is -0.307 e. The highest BCUT2D eigenvalue weighted by molar-refractivity contribution is 9.10. The Balaban J connectivity index is 0.00000121. The van der Waals surface area contributed by atoms with Crippen molar-refractivity contribution >= 4 is 28.3 Å². The van der Waals surface area contributed by atoms with Gasteiger partial charge in [0.2, 0.25) is 0 Å². The smallest absolute Gasteiger partial charge is 0.0211 e. The summed E-state index contributed by atoms with van der Waals surface area (Å²) in [5.74, 6) is 3.09. The third kappa shape index (κ3) is 2.80. The zero-order valence-electron chi connectivity index (χ0n) is 11.8. The van der Waals surface area contributed by atoms with Crippen LogP contribution < -0.4 is 5.32 Å². The molecule has 4 saturated carbocycles. The maximum Gasteiger partial charge on any atom is 0.0211 e. The fourth-order valence-corrected chi connectivity index (χ4v) is 5.71. The highest BCUT2D eigenvalue weighted by Crippen LogP contribution is 2.55. The van der Waals surface area contributed by atoms with E-state index in [2.05, 4.69) is 45.5 Å². The number of rotatable bonds is 3. The van der Waals surface area contributed by atoms with E-state index in [1.54, 1.807) is 0 Å². The van der Waals surface area contributed by atoms with E-state index in [-0.39, 0.29) is 12.4 Å². The van der Waals surface area contributed by atoms with E-state index >= 15 is 0 Å². The summed E-state index contributed by atoms with van der Waals surface area (Å²) in [6.45, 7) is 1.03. The summed E-state index contributed by atoms with van der Waals surface area (Å²) < 4.78 is 1.19. The lowest BCUT2D eigenvalue weighted by Gasteiger charge is -2.57. The van der Waals surface area contributed by atoms with Crippen molar-refractivity contribution in [2.24, 2.45) is 17.8 Å². The van der Waals surface area contributed by atoms with Crippen LogP contribution in [0.2, 0.25) is 0 Å². The summed E-state index contributed by atoms with van der Waals surface area (Å²) in [5, 5.41) is 3.95. The van der Waals surface area contributed by atoms with Crippen LogP contribution in [-0.2, 0) is 6.54 Å². The summed E-state index contributed by atoms with van der Waals surface area (Å²) in [6, 6.07) is 8.72. The van der Waals surface area contributed by atoms with Gasteiger partial charge >= 0.3 is 0 Å². The standard InChI is InChI=1S/C17H22BrN.ClH/c18-16-3-1-2-12(7-16)11-19-17-8-13-4-14(9-17)6-15(5-13)10-17;/h1-3,7,13-15,19H,4-6,8-11H2;1H.